The minimum absolute atomic E-state index is 0.0171. The SMILES string of the molecule is O=C(c1ccc(CN2CCOCC2)cc1)c1cc(F)cc(F)c1. The molecule has 2 aromatic rings. The highest BCUT2D eigenvalue weighted by Gasteiger charge is 2.13. The first-order valence-corrected chi connectivity index (χ1v) is 7.52. The van der Waals surface area contributed by atoms with Crippen LogP contribution in [0.25, 0.3) is 0 Å². The van der Waals surface area contributed by atoms with Crippen molar-refractivity contribution >= 4 is 5.78 Å². The van der Waals surface area contributed by atoms with E-state index in [1.54, 1.807) is 12.1 Å². The van der Waals surface area contributed by atoms with Gasteiger partial charge in [-0.3, -0.25) is 9.69 Å². The number of carbonyl (C=O) groups excluding carboxylic acids is 1. The van der Waals surface area contributed by atoms with Gasteiger partial charge in [-0.1, -0.05) is 24.3 Å². The largest absolute Gasteiger partial charge is 0.379 e. The van der Waals surface area contributed by atoms with E-state index in [1.807, 2.05) is 12.1 Å². The molecule has 1 fully saturated rings. The molecule has 0 atom stereocenters. The van der Waals surface area contributed by atoms with E-state index >= 15 is 0 Å². The van der Waals surface area contributed by atoms with E-state index in [4.69, 9.17) is 4.74 Å². The quantitative estimate of drug-likeness (QED) is 0.812. The molecule has 1 aliphatic heterocycles. The molecule has 1 heterocycles. The molecule has 0 saturated carbocycles. The van der Waals surface area contributed by atoms with Gasteiger partial charge in [0.15, 0.2) is 5.78 Å². The lowest BCUT2D eigenvalue weighted by molar-refractivity contribution is 0.0342. The number of carbonyl (C=O) groups is 1. The fourth-order valence-corrected chi connectivity index (χ4v) is 2.63. The van der Waals surface area contributed by atoms with Gasteiger partial charge in [0.25, 0.3) is 0 Å². The van der Waals surface area contributed by atoms with Crippen LogP contribution in [0.2, 0.25) is 0 Å². The number of benzene rings is 2. The molecule has 5 heteroatoms. The van der Waals surface area contributed by atoms with Gasteiger partial charge in [-0.05, 0) is 17.7 Å². The van der Waals surface area contributed by atoms with E-state index in [9.17, 15) is 13.6 Å². The van der Waals surface area contributed by atoms with Crippen molar-refractivity contribution < 1.29 is 18.3 Å². The van der Waals surface area contributed by atoms with Gasteiger partial charge in [0.05, 0.1) is 13.2 Å². The molecular weight excluding hydrogens is 300 g/mol. The standard InChI is InChI=1S/C18H17F2NO2/c19-16-9-15(10-17(20)11-16)18(22)14-3-1-13(2-4-14)12-21-5-7-23-8-6-21/h1-4,9-11H,5-8,12H2. The number of morpholine rings is 1. The van der Waals surface area contributed by atoms with Crippen LogP contribution in [0.1, 0.15) is 21.5 Å². The molecule has 1 saturated heterocycles. The monoisotopic (exact) mass is 317 g/mol. The summed E-state index contributed by atoms with van der Waals surface area (Å²) in [5.74, 6) is -1.89. The van der Waals surface area contributed by atoms with Gasteiger partial charge in [0.2, 0.25) is 0 Å². The Hall–Kier alpha value is -2.11. The maximum Gasteiger partial charge on any atom is 0.193 e. The number of hydrogen-bond donors (Lipinski definition) is 0. The van der Waals surface area contributed by atoms with Crippen molar-refractivity contribution in [1.82, 2.24) is 4.90 Å². The second kappa shape index (κ2) is 6.98. The van der Waals surface area contributed by atoms with Crippen molar-refractivity contribution in [2.75, 3.05) is 26.3 Å². The summed E-state index contributed by atoms with van der Waals surface area (Å²) in [6.45, 7) is 4.06. The Labute approximate surface area is 133 Å². The summed E-state index contributed by atoms with van der Waals surface area (Å²) in [7, 11) is 0. The second-order valence-electron chi connectivity index (χ2n) is 5.57. The fraction of sp³-hybridized carbons (Fsp3) is 0.278. The van der Waals surface area contributed by atoms with Gasteiger partial charge in [0.1, 0.15) is 11.6 Å². The van der Waals surface area contributed by atoms with Crippen molar-refractivity contribution in [3.05, 3.63) is 70.8 Å². The number of ketones is 1. The first-order valence-electron chi connectivity index (χ1n) is 7.52. The molecule has 0 aromatic heterocycles. The van der Waals surface area contributed by atoms with Crippen LogP contribution in [0.3, 0.4) is 0 Å². The van der Waals surface area contributed by atoms with Crippen molar-refractivity contribution in [1.29, 1.82) is 0 Å². The lowest BCUT2D eigenvalue weighted by atomic mass is 10.0. The van der Waals surface area contributed by atoms with Gasteiger partial charge in [-0.15, -0.1) is 0 Å². The summed E-state index contributed by atoms with van der Waals surface area (Å²) in [5, 5.41) is 0. The maximum absolute atomic E-state index is 13.2. The minimum Gasteiger partial charge on any atom is -0.379 e. The normalized spacial score (nSPS) is 15.6. The highest BCUT2D eigenvalue weighted by Crippen LogP contribution is 2.15. The molecule has 0 unspecified atom stereocenters. The van der Waals surface area contributed by atoms with Gasteiger partial charge < -0.3 is 4.74 Å². The predicted molar refractivity (Wildman–Crippen MR) is 82.3 cm³/mol. The van der Waals surface area contributed by atoms with Crippen LogP contribution in [0.15, 0.2) is 42.5 Å². The maximum atomic E-state index is 13.2. The first-order chi connectivity index (χ1) is 11.1. The van der Waals surface area contributed by atoms with Crippen molar-refractivity contribution in [3.8, 4) is 0 Å². The van der Waals surface area contributed by atoms with Gasteiger partial charge in [-0.25, -0.2) is 8.78 Å². The van der Waals surface area contributed by atoms with Crippen LogP contribution in [-0.4, -0.2) is 37.0 Å². The highest BCUT2D eigenvalue weighted by atomic mass is 19.1. The fourth-order valence-electron chi connectivity index (χ4n) is 2.63. The molecular formula is C18H17F2NO2. The molecule has 0 radical (unpaired) electrons. The summed E-state index contributed by atoms with van der Waals surface area (Å²) in [6, 6.07) is 9.99. The highest BCUT2D eigenvalue weighted by molar-refractivity contribution is 6.08. The molecule has 0 N–H and O–H groups in total. The summed E-state index contributed by atoms with van der Waals surface area (Å²) in [6.07, 6.45) is 0. The zero-order chi connectivity index (χ0) is 16.2. The lowest BCUT2D eigenvalue weighted by Gasteiger charge is -2.26. The Morgan fingerprint density at radius 3 is 2.17 bits per heavy atom. The average Bonchev–Trinajstić information content (AvgIpc) is 2.55. The van der Waals surface area contributed by atoms with E-state index in [2.05, 4.69) is 4.90 Å². The number of nitrogens with zero attached hydrogens (tertiary/aromatic N) is 1. The molecule has 0 amide bonds. The van der Waals surface area contributed by atoms with Gasteiger partial charge in [0, 0.05) is 36.8 Å². The van der Waals surface area contributed by atoms with Crippen molar-refractivity contribution in [2.24, 2.45) is 0 Å². The summed E-state index contributed by atoms with van der Waals surface area (Å²) < 4.78 is 31.8. The third-order valence-corrected chi connectivity index (χ3v) is 3.85. The average molecular weight is 317 g/mol. The molecule has 23 heavy (non-hydrogen) atoms. The Balaban J connectivity index is 1.72. The van der Waals surface area contributed by atoms with E-state index < -0.39 is 11.6 Å². The molecule has 0 bridgehead atoms. The topological polar surface area (TPSA) is 29.5 Å². The number of hydrogen-bond acceptors (Lipinski definition) is 3. The van der Waals surface area contributed by atoms with Crippen LogP contribution >= 0.6 is 0 Å². The number of ether oxygens (including phenoxy) is 1. The Morgan fingerprint density at radius 1 is 0.957 bits per heavy atom. The van der Waals surface area contributed by atoms with Crippen molar-refractivity contribution in [3.63, 3.8) is 0 Å². The van der Waals surface area contributed by atoms with Crippen molar-refractivity contribution in [2.45, 2.75) is 6.54 Å². The molecule has 2 aromatic carbocycles. The molecule has 120 valence electrons. The zero-order valence-electron chi connectivity index (χ0n) is 12.6. The summed E-state index contributed by atoms with van der Waals surface area (Å²) in [5.41, 5.74) is 1.53. The zero-order valence-corrected chi connectivity index (χ0v) is 12.6. The third kappa shape index (κ3) is 4.00. The molecule has 3 nitrogen and oxygen atoms in total. The number of halogens is 2. The molecule has 3 rings (SSSR count). The molecule has 1 aliphatic rings. The van der Waals surface area contributed by atoms with Gasteiger partial charge >= 0.3 is 0 Å². The van der Waals surface area contributed by atoms with E-state index in [0.717, 1.165) is 56.6 Å². The number of rotatable bonds is 4. The minimum atomic E-state index is -0.753. The Kier molecular flexibility index (Phi) is 4.79. The third-order valence-electron chi connectivity index (χ3n) is 3.85. The van der Waals surface area contributed by atoms with E-state index in [1.165, 1.54) is 0 Å². The summed E-state index contributed by atoms with van der Waals surface area (Å²) >= 11 is 0. The van der Waals surface area contributed by atoms with E-state index in [0.29, 0.717) is 5.56 Å². The smallest absolute Gasteiger partial charge is 0.193 e. The van der Waals surface area contributed by atoms with Crippen LogP contribution in [0.5, 0.6) is 0 Å². The predicted octanol–water partition coefficient (Wildman–Crippen LogP) is 3.03. The Bertz CT molecular complexity index is 674. The van der Waals surface area contributed by atoms with Crippen LogP contribution in [0.4, 0.5) is 8.78 Å². The lowest BCUT2D eigenvalue weighted by Crippen LogP contribution is -2.35. The van der Waals surface area contributed by atoms with Crippen LogP contribution in [0, 0.1) is 11.6 Å². The second-order valence-corrected chi connectivity index (χ2v) is 5.57. The van der Waals surface area contributed by atoms with Gasteiger partial charge in [-0.2, -0.15) is 0 Å². The summed E-state index contributed by atoms with van der Waals surface area (Å²) in [4.78, 5) is 14.6. The van der Waals surface area contributed by atoms with Crippen LogP contribution < -0.4 is 0 Å². The first kappa shape index (κ1) is 15.8. The van der Waals surface area contributed by atoms with Crippen LogP contribution in [-0.2, 0) is 11.3 Å². The Morgan fingerprint density at radius 2 is 1.57 bits per heavy atom. The van der Waals surface area contributed by atoms with E-state index in [-0.39, 0.29) is 11.3 Å². The molecule has 0 aliphatic carbocycles. The molecule has 0 spiro atoms.